The normalized spacial score (nSPS) is 26.4. The SMILES string of the molecule is O=C1c2cc3c(cc2N([C@H]2C=CC=CC=CC2)C2CCCC[C@H]12)c(=O)c1c(n3C2=CCCOC2)C=CCC1. The van der Waals surface area contributed by atoms with Gasteiger partial charge in [-0.3, -0.25) is 9.59 Å². The Kier molecular flexibility index (Phi) is 6.04. The third-order valence-corrected chi connectivity index (χ3v) is 8.94. The van der Waals surface area contributed by atoms with E-state index in [9.17, 15) is 9.59 Å². The van der Waals surface area contributed by atoms with Crippen LogP contribution < -0.4 is 10.3 Å². The van der Waals surface area contributed by atoms with E-state index in [2.05, 4.69) is 70.2 Å². The maximum absolute atomic E-state index is 14.1. The molecule has 5 heteroatoms. The van der Waals surface area contributed by atoms with Crippen LogP contribution in [0.2, 0.25) is 0 Å². The summed E-state index contributed by atoms with van der Waals surface area (Å²) in [6, 6.07) is 4.40. The molecule has 0 amide bonds. The molecule has 38 heavy (non-hydrogen) atoms. The van der Waals surface area contributed by atoms with Gasteiger partial charge in [-0.2, -0.15) is 0 Å². The summed E-state index contributed by atoms with van der Waals surface area (Å²) in [6.07, 6.45) is 26.8. The first-order valence-electron chi connectivity index (χ1n) is 14.2. The summed E-state index contributed by atoms with van der Waals surface area (Å²) in [5.41, 5.74) is 5.50. The van der Waals surface area contributed by atoms with Gasteiger partial charge in [-0.25, -0.2) is 0 Å². The lowest BCUT2D eigenvalue weighted by molar-refractivity contribution is 0.0850. The minimum atomic E-state index is 0.00184. The van der Waals surface area contributed by atoms with E-state index in [0.717, 1.165) is 85.1 Å². The van der Waals surface area contributed by atoms with Crippen molar-refractivity contribution in [3.63, 3.8) is 0 Å². The van der Waals surface area contributed by atoms with Gasteiger partial charge in [-0.15, -0.1) is 0 Å². The maximum Gasteiger partial charge on any atom is 0.193 e. The topological polar surface area (TPSA) is 51.5 Å². The number of aromatic nitrogens is 1. The van der Waals surface area contributed by atoms with Gasteiger partial charge in [0, 0.05) is 39.9 Å². The maximum atomic E-state index is 14.1. The van der Waals surface area contributed by atoms with Crippen LogP contribution in [0.4, 0.5) is 5.69 Å². The third-order valence-electron chi connectivity index (χ3n) is 8.94. The van der Waals surface area contributed by atoms with Crippen molar-refractivity contribution in [1.82, 2.24) is 4.57 Å². The van der Waals surface area contributed by atoms with Crippen LogP contribution in [0.3, 0.4) is 0 Å². The molecular formula is C33H34N2O3. The van der Waals surface area contributed by atoms with E-state index >= 15 is 0 Å². The van der Waals surface area contributed by atoms with Crippen molar-refractivity contribution in [3.05, 3.63) is 87.8 Å². The van der Waals surface area contributed by atoms with Crippen molar-refractivity contribution in [2.24, 2.45) is 5.92 Å². The van der Waals surface area contributed by atoms with Crippen molar-refractivity contribution < 1.29 is 9.53 Å². The van der Waals surface area contributed by atoms with Crippen molar-refractivity contribution >= 4 is 34.1 Å². The number of ether oxygens (including phenoxy) is 1. The number of nitrogens with zero attached hydrogens (tertiary/aromatic N) is 2. The summed E-state index contributed by atoms with van der Waals surface area (Å²) >= 11 is 0. The summed E-state index contributed by atoms with van der Waals surface area (Å²) < 4.78 is 8.05. The van der Waals surface area contributed by atoms with Gasteiger partial charge in [0.05, 0.1) is 30.5 Å². The van der Waals surface area contributed by atoms with Gasteiger partial charge >= 0.3 is 0 Å². The summed E-state index contributed by atoms with van der Waals surface area (Å²) in [4.78, 5) is 30.6. The second-order valence-electron chi connectivity index (χ2n) is 11.1. The predicted molar refractivity (Wildman–Crippen MR) is 154 cm³/mol. The Balaban J connectivity index is 1.51. The van der Waals surface area contributed by atoms with Crippen LogP contribution in [0, 0.1) is 5.92 Å². The molecule has 0 saturated heterocycles. The highest BCUT2D eigenvalue weighted by Crippen LogP contribution is 2.44. The van der Waals surface area contributed by atoms with E-state index < -0.39 is 0 Å². The number of allylic oxidation sites excluding steroid dienone is 5. The van der Waals surface area contributed by atoms with Crippen LogP contribution in [0.15, 0.2) is 65.5 Å². The first kappa shape index (κ1) is 23.7. The zero-order valence-electron chi connectivity index (χ0n) is 21.8. The van der Waals surface area contributed by atoms with Gasteiger partial charge in [0.1, 0.15) is 0 Å². The third kappa shape index (κ3) is 3.79. The molecule has 0 spiro atoms. The van der Waals surface area contributed by atoms with Gasteiger partial charge in [-0.05, 0) is 56.7 Å². The molecule has 1 saturated carbocycles. The molecule has 3 atom stereocenters. The minimum Gasteiger partial charge on any atom is -0.375 e. The fraction of sp³-hybridized carbons (Fsp3) is 0.394. The molecular weight excluding hydrogens is 472 g/mol. The molecule has 2 aliphatic heterocycles. The van der Waals surface area contributed by atoms with Crippen molar-refractivity contribution in [3.8, 4) is 0 Å². The number of carbonyl (C=O) groups is 1. The van der Waals surface area contributed by atoms with Gasteiger partial charge < -0.3 is 14.2 Å². The van der Waals surface area contributed by atoms with E-state index in [0.29, 0.717) is 18.6 Å². The Hall–Kier alpha value is -3.44. The van der Waals surface area contributed by atoms with Crippen molar-refractivity contribution in [2.45, 2.75) is 63.5 Å². The first-order valence-corrected chi connectivity index (χ1v) is 14.2. The number of benzene rings is 1. The predicted octanol–water partition coefficient (Wildman–Crippen LogP) is 6.22. The summed E-state index contributed by atoms with van der Waals surface area (Å²) in [7, 11) is 0. The molecule has 1 aromatic carbocycles. The number of hydrogen-bond acceptors (Lipinski definition) is 4. The molecule has 0 N–H and O–H groups in total. The van der Waals surface area contributed by atoms with Crippen LogP contribution >= 0.6 is 0 Å². The lowest BCUT2D eigenvalue weighted by atomic mass is 9.74. The van der Waals surface area contributed by atoms with E-state index in [1.807, 2.05) is 6.07 Å². The second kappa shape index (κ2) is 9.70. The summed E-state index contributed by atoms with van der Waals surface area (Å²) in [5, 5.41) is 0.710. The lowest BCUT2D eigenvalue weighted by Crippen LogP contribution is -2.53. The number of carbonyl (C=O) groups excluding carboxylic acids is 1. The quantitative estimate of drug-likeness (QED) is 0.485. The van der Waals surface area contributed by atoms with E-state index in [-0.39, 0.29) is 29.2 Å². The number of anilines is 1. The van der Waals surface area contributed by atoms with Crippen molar-refractivity contribution in [1.29, 1.82) is 0 Å². The van der Waals surface area contributed by atoms with Crippen LogP contribution in [-0.4, -0.2) is 35.6 Å². The van der Waals surface area contributed by atoms with Crippen LogP contribution in [0.5, 0.6) is 0 Å². The molecule has 194 valence electrons. The van der Waals surface area contributed by atoms with E-state index in [1.54, 1.807) is 0 Å². The average Bonchev–Trinajstić information content (AvgIpc) is 2.94. The summed E-state index contributed by atoms with van der Waals surface area (Å²) in [5.74, 6) is 0.247. The van der Waals surface area contributed by atoms with Gasteiger partial charge in [-0.1, -0.05) is 61.4 Å². The molecule has 0 bridgehead atoms. The van der Waals surface area contributed by atoms with Gasteiger partial charge in [0.25, 0.3) is 0 Å². The van der Waals surface area contributed by atoms with E-state index in [1.165, 1.54) is 0 Å². The Morgan fingerprint density at radius 2 is 1.84 bits per heavy atom. The van der Waals surface area contributed by atoms with Gasteiger partial charge in [0.2, 0.25) is 0 Å². The number of pyridine rings is 1. The van der Waals surface area contributed by atoms with E-state index in [4.69, 9.17) is 4.74 Å². The number of ketones is 1. The van der Waals surface area contributed by atoms with Crippen LogP contribution in [0.1, 0.15) is 66.6 Å². The second-order valence-corrected chi connectivity index (χ2v) is 11.1. The molecule has 3 heterocycles. The Bertz CT molecular complexity index is 1520. The number of fused-ring (bicyclic) bond motifs is 4. The minimum absolute atomic E-state index is 0.00184. The number of Topliss-reactive ketones (excluding diaryl/α,β-unsaturated/α-hetero) is 1. The molecule has 0 radical (unpaired) electrons. The summed E-state index contributed by atoms with van der Waals surface area (Å²) in [6.45, 7) is 1.22. The van der Waals surface area contributed by atoms with Crippen molar-refractivity contribution in [2.75, 3.05) is 18.1 Å². The molecule has 3 aliphatic carbocycles. The van der Waals surface area contributed by atoms with Crippen LogP contribution in [-0.2, 0) is 11.2 Å². The fourth-order valence-electron chi connectivity index (χ4n) is 7.20. The fourth-order valence-corrected chi connectivity index (χ4v) is 7.20. The van der Waals surface area contributed by atoms with Gasteiger partial charge in [0.15, 0.2) is 11.2 Å². The average molecular weight is 507 g/mol. The highest BCUT2D eigenvalue weighted by molar-refractivity contribution is 6.09. The Labute approximate surface area is 223 Å². The molecule has 2 aromatic rings. The molecule has 7 rings (SSSR count). The lowest BCUT2D eigenvalue weighted by Gasteiger charge is -2.48. The largest absolute Gasteiger partial charge is 0.375 e. The molecule has 1 fully saturated rings. The highest BCUT2D eigenvalue weighted by Gasteiger charge is 2.43. The number of rotatable bonds is 2. The Morgan fingerprint density at radius 3 is 2.74 bits per heavy atom. The van der Waals surface area contributed by atoms with Crippen LogP contribution in [0.25, 0.3) is 22.7 Å². The smallest absolute Gasteiger partial charge is 0.193 e. The highest BCUT2D eigenvalue weighted by atomic mass is 16.5. The standard InChI is InChI=1S/C33H34N2O3/c36-32-24-14-6-8-16-28(24)34(22-11-4-2-1-3-5-12-22)30-19-27-31(20-26(30)32)35(23-13-10-18-38-21-23)29-17-9-7-15-25(29)33(27)37/h1-5,9,11,13,17,19-20,22,24,28H,6-8,10,12,14-16,18,21H2/t22-,24-,28?/m0/s1. The monoisotopic (exact) mass is 506 g/mol. The molecule has 5 aliphatic rings. The molecule has 1 unspecified atom stereocenters. The Morgan fingerprint density at radius 1 is 0.947 bits per heavy atom. The zero-order valence-corrected chi connectivity index (χ0v) is 21.8. The zero-order chi connectivity index (χ0) is 25.6. The molecule has 1 aromatic heterocycles. The first-order chi connectivity index (χ1) is 18.7. The molecule has 5 nitrogen and oxygen atoms in total. The number of hydrogen-bond donors (Lipinski definition) is 0.